The third kappa shape index (κ3) is 3.50. The minimum absolute atomic E-state index is 0.352. The molecule has 0 heterocycles. The van der Waals surface area contributed by atoms with Crippen molar-refractivity contribution in [3.8, 4) is 0 Å². The summed E-state index contributed by atoms with van der Waals surface area (Å²) in [6.07, 6.45) is 7.88. The van der Waals surface area contributed by atoms with E-state index in [0.717, 1.165) is 18.6 Å². The van der Waals surface area contributed by atoms with Crippen LogP contribution in [0.1, 0.15) is 26.7 Å². The first-order valence-electron chi connectivity index (χ1n) is 5.48. The van der Waals surface area contributed by atoms with Crippen LogP contribution in [-0.2, 0) is 0 Å². The molecule has 1 atom stereocenters. The molecule has 0 aromatic heterocycles. The van der Waals surface area contributed by atoms with Crippen LogP contribution in [0.25, 0.3) is 0 Å². The van der Waals surface area contributed by atoms with Gasteiger partial charge in [0, 0.05) is 17.3 Å². The van der Waals surface area contributed by atoms with E-state index in [9.17, 15) is 0 Å². The van der Waals surface area contributed by atoms with Gasteiger partial charge in [-0.15, -0.1) is 0 Å². The zero-order valence-electron chi connectivity index (χ0n) is 9.96. The Morgan fingerprint density at radius 3 is 2.94 bits per heavy atom. The van der Waals surface area contributed by atoms with E-state index in [1.807, 2.05) is 12.2 Å². The fourth-order valence-electron chi connectivity index (χ4n) is 1.86. The van der Waals surface area contributed by atoms with E-state index in [2.05, 4.69) is 24.6 Å². The molecule has 0 aromatic rings. The van der Waals surface area contributed by atoms with Crippen LogP contribution in [0.4, 0.5) is 0 Å². The Hall–Kier alpha value is -1.64. The summed E-state index contributed by atoms with van der Waals surface area (Å²) in [6.45, 7) is 7.47. The maximum atomic E-state index is 7.49. The quantitative estimate of drug-likeness (QED) is 0.699. The van der Waals surface area contributed by atoms with Gasteiger partial charge in [0.25, 0.3) is 0 Å². The Bertz CT molecular complexity index is 386. The maximum Gasteiger partial charge on any atom is 0.116 e. The van der Waals surface area contributed by atoms with Crippen LogP contribution >= 0.6 is 0 Å². The van der Waals surface area contributed by atoms with Gasteiger partial charge in [0.15, 0.2) is 0 Å². The molecule has 1 rings (SSSR count). The second-order valence-electron chi connectivity index (χ2n) is 4.02. The van der Waals surface area contributed by atoms with Gasteiger partial charge in [-0.2, -0.15) is 0 Å². The molecule has 86 valence electrons. The van der Waals surface area contributed by atoms with Crippen molar-refractivity contribution in [2.45, 2.75) is 26.7 Å². The molecule has 0 spiro atoms. The summed E-state index contributed by atoms with van der Waals surface area (Å²) < 4.78 is 0. The lowest BCUT2D eigenvalue weighted by molar-refractivity contribution is 0.778. The van der Waals surface area contributed by atoms with E-state index in [1.165, 1.54) is 5.57 Å². The minimum atomic E-state index is 0.352. The van der Waals surface area contributed by atoms with Crippen LogP contribution in [-0.4, -0.2) is 11.4 Å². The fourth-order valence-corrected chi connectivity index (χ4v) is 1.86. The SMILES string of the molecule is C=C(N)/N=C1\C=CC(/C(=C\C(C)=N)CC)C1. The molecule has 0 radical (unpaired) electrons. The first-order valence-corrected chi connectivity index (χ1v) is 5.48. The number of rotatable bonds is 4. The second kappa shape index (κ2) is 5.45. The highest BCUT2D eigenvalue weighted by Crippen LogP contribution is 2.26. The second-order valence-corrected chi connectivity index (χ2v) is 4.02. The molecule has 1 unspecified atom stereocenters. The Balaban J connectivity index is 2.77. The molecular weight excluding hydrogens is 198 g/mol. The van der Waals surface area contributed by atoms with Crippen LogP contribution in [0.5, 0.6) is 0 Å². The lowest BCUT2D eigenvalue weighted by atomic mass is 9.95. The molecule has 16 heavy (non-hydrogen) atoms. The average molecular weight is 217 g/mol. The van der Waals surface area contributed by atoms with Gasteiger partial charge in [0.1, 0.15) is 5.82 Å². The van der Waals surface area contributed by atoms with E-state index >= 15 is 0 Å². The van der Waals surface area contributed by atoms with E-state index < -0.39 is 0 Å². The van der Waals surface area contributed by atoms with Crippen molar-refractivity contribution in [3.63, 3.8) is 0 Å². The molecule has 0 bridgehead atoms. The van der Waals surface area contributed by atoms with Crippen molar-refractivity contribution < 1.29 is 0 Å². The molecule has 0 fully saturated rings. The third-order valence-corrected chi connectivity index (χ3v) is 2.52. The van der Waals surface area contributed by atoms with Crippen LogP contribution in [0.2, 0.25) is 0 Å². The Morgan fingerprint density at radius 1 is 1.75 bits per heavy atom. The first kappa shape index (κ1) is 12.4. The Morgan fingerprint density at radius 2 is 2.44 bits per heavy atom. The zero-order valence-corrected chi connectivity index (χ0v) is 9.96. The van der Waals surface area contributed by atoms with Crippen molar-refractivity contribution in [3.05, 3.63) is 36.2 Å². The minimum Gasteiger partial charge on any atom is -0.384 e. The Labute approximate surface area is 97.0 Å². The van der Waals surface area contributed by atoms with Gasteiger partial charge in [-0.25, -0.2) is 4.99 Å². The van der Waals surface area contributed by atoms with Gasteiger partial charge in [-0.1, -0.05) is 25.2 Å². The van der Waals surface area contributed by atoms with Gasteiger partial charge >= 0.3 is 0 Å². The molecule has 0 saturated heterocycles. The van der Waals surface area contributed by atoms with E-state index in [-0.39, 0.29) is 0 Å². The average Bonchev–Trinajstić information content (AvgIpc) is 2.61. The molecule has 0 aliphatic heterocycles. The van der Waals surface area contributed by atoms with Gasteiger partial charge in [-0.3, -0.25) is 0 Å². The normalized spacial score (nSPS) is 22.8. The zero-order chi connectivity index (χ0) is 12.1. The largest absolute Gasteiger partial charge is 0.384 e. The molecule has 0 saturated carbocycles. The summed E-state index contributed by atoms with van der Waals surface area (Å²) in [7, 11) is 0. The highest BCUT2D eigenvalue weighted by molar-refractivity contribution is 5.98. The molecule has 0 aromatic carbocycles. The topological polar surface area (TPSA) is 62.2 Å². The monoisotopic (exact) mass is 217 g/mol. The molecule has 1 aliphatic rings. The number of hydrogen-bond acceptors (Lipinski definition) is 3. The van der Waals surface area contributed by atoms with Crippen molar-refractivity contribution in [2.24, 2.45) is 16.6 Å². The van der Waals surface area contributed by atoms with Gasteiger partial charge in [0.2, 0.25) is 0 Å². The van der Waals surface area contributed by atoms with Crippen molar-refractivity contribution in [1.82, 2.24) is 0 Å². The highest BCUT2D eigenvalue weighted by Gasteiger charge is 2.17. The number of hydrogen-bond donors (Lipinski definition) is 2. The number of nitrogens with one attached hydrogen (secondary N) is 1. The summed E-state index contributed by atoms with van der Waals surface area (Å²) in [5.74, 6) is 0.717. The fraction of sp³-hybridized carbons (Fsp3) is 0.385. The first-order chi connectivity index (χ1) is 7.52. The summed E-state index contributed by atoms with van der Waals surface area (Å²) in [5, 5.41) is 7.49. The lowest BCUT2D eigenvalue weighted by Crippen LogP contribution is -2.03. The predicted octanol–water partition coefficient (Wildman–Crippen LogP) is 2.81. The summed E-state index contributed by atoms with van der Waals surface area (Å²) in [4.78, 5) is 4.15. The molecule has 3 nitrogen and oxygen atoms in total. The summed E-state index contributed by atoms with van der Waals surface area (Å²) in [5.41, 5.74) is 8.28. The smallest absolute Gasteiger partial charge is 0.116 e. The van der Waals surface area contributed by atoms with Crippen molar-refractivity contribution in [1.29, 1.82) is 5.41 Å². The highest BCUT2D eigenvalue weighted by atomic mass is 14.9. The van der Waals surface area contributed by atoms with E-state index in [1.54, 1.807) is 6.92 Å². The van der Waals surface area contributed by atoms with Crippen LogP contribution in [0, 0.1) is 11.3 Å². The number of nitrogens with two attached hydrogens (primary N) is 1. The van der Waals surface area contributed by atoms with Crippen LogP contribution in [0.15, 0.2) is 41.2 Å². The van der Waals surface area contributed by atoms with Gasteiger partial charge in [0.05, 0.1) is 0 Å². The molecule has 0 amide bonds. The third-order valence-electron chi connectivity index (χ3n) is 2.52. The van der Waals surface area contributed by atoms with E-state index in [0.29, 0.717) is 17.5 Å². The molecule has 3 N–H and O–H groups in total. The summed E-state index contributed by atoms with van der Waals surface area (Å²) >= 11 is 0. The lowest BCUT2D eigenvalue weighted by Gasteiger charge is -2.11. The molecule has 1 aliphatic carbocycles. The Kier molecular flexibility index (Phi) is 4.23. The number of nitrogens with zero attached hydrogens (tertiary/aromatic N) is 1. The summed E-state index contributed by atoms with van der Waals surface area (Å²) in [6, 6.07) is 0. The molecule has 3 heteroatoms. The molecular formula is C13H19N3. The maximum absolute atomic E-state index is 7.49. The van der Waals surface area contributed by atoms with Crippen LogP contribution < -0.4 is 5.73 Å². The van der Waals surface area contributed by atoms with Crippen molar-refractivity contribution in [2.75, 3.05) is 0 Å². The van der Waals surface area contributed by atoms with Gasteiger partial charge in [-0.05, 0) is 31.9 Å². The number of aliphatic imine (C=N–C) groups is 1. The van der Waals surface area contributed by atoms with Crippen LogP contribution in [0.3, 0.4) is 0 Å². The van der Waals surface area contributed by atoms with E-state index in [4.69, 9.17) is 11.1 Å². The van der Waals surface area contributed by atoms with Gasteiger partial charge < -0.3 is 11.1 Å². The standard InChI is InChI=1S/C13H19N3/c1-4-11(7-9(2)14)12-5-6-13(8-12)16-10(3)15/h5-7,12,14H,3-4,8,15H2,1-2H3/b11-7-,14-9?,16-13+. The number of allylic oxidation sites excluding steroid dienone is 4. The predicted molar refractivity (Wildman–Crippen MR) is 69.8 cm³/mol. The van der Waals surface area contributed by atoms with Crippen molar-refractivity contribution >= 4 is 11.4 Å².